The van der Waals surface area contributed by atoms with Crippen LogP contribution in [0.1, 0.15) is 51.5 Å². The predicted octanol–water partition coefficient (Wildman–Crippen LogP) is 6.93. The summed E-state index contributed by atoms with van der Waals surface area (Å²) in [7, 11) is 0. The molecule has 2 aliphatic carbocycles. The second-order valence-electron chi connectivity index (χ2n) is 8.43. The molecule has 0 heterocycles. The van der Waals surface area contributed by atoms with E-state index in [0.29, 0.717) is 6.42 Å². The Bertz CT molecular complexity index is 1310. The molecule has 4 aromatic rings. The van der Waals surface area contributed by atoms with Crippen LogP contribution < -0.4 is 0 Å². The van der Waals surface area contributed by atoms with Crippen LogP contribution in [0.4, 0.5) is 0 Å². The van der Waals surface area contributed by atoms with Crippen molar-refractivity contribution in [3.8, 4) is 22.3 Å². The van der Waals surface area contributed by atoms with E-state index in [2.05, 4.69) is 85.8 Å². The van der Waals surface area contributed by atoms with Gasteiger partial charge in [0.05, 0.1) is 5.41 Å². The van der Waals surface area contributed by atoms with E-state index in [-0.39, 0.29) is 11.2 Å². The number of Topliss-reactive ketones (excluding diaryl/α,β-unsaturated/α-hetero) is 1. The van der Waals surface area contributed by atoms with Gasteiger partial charge in [-0.05, 0) is 57.5 Å². The van der Waals surface area contributed by atoms with Gasteiger partial charge in [0.1, 0.15) is 0 Å². The standard InChI is InChI=1S/C29H22O/c1-3-28(30)19-13-15-23-22-14-12-18(2)16-26(22)29(27(23)17-19)24-10-6-4-8-20(24)21-9-5-7-11-25(21)29/h4-17H,3H2,1-2H3. The van der Waals surface area contributed by atoms with Crippen LogP contribution in [-0.2, 0) is 5.41 Å². The zero-order valence-corrected chi connectivity index (χ0v) is 17.2. The SMILES string of the molecule is CCC(=O)c1ccc2c(c1)C1(c3ccccc3-c3ccccc31)c1cc(C)ccc1-2. The number of carbonyl (C=O) groups is 1. The molecule has 1 heteroatoms. The van der Waals surface area contributed by atoms with Crippen molar-refractivity contribution in [3.63, 3.8) is 0 Å². The molecule has 0 amide bonds. The first-order valence-corrected chi connectivity index (χ1v) is 10.6. The summed E-state index contributed by atoms with van der Waals surface area (Å²) < 4.78 is 0. The lowest BCUT2D eigenvalue weighted by Gasteiger charge is -2.30. The van der Waals surface area contributed by atoms with Gasteiger partial charge in [-0.1, -0.05) is 91.3 Å². The van der Waals surface area contributed by atoms with Gasteiger partial charge >= 0.3 is 0 Å². The van der Waals surface area contributed by atoms with Crippen molar-refractivity contribution in [1.82, 2.24) is 0 Å². The molecule has 144 valence electrons. The summed E-state index contributed by atoms with van der Waals surface area (Å²) in [5, 5.41) is 0. The number of fused-ring (bicyclic) bond motifs is 10. The first kappa shape index (κ1) is 17.4. The lowest BCUT2D eigenvalue weighted by Crippen LogP contribution is -2.26. The summed E-state index contributed by atoms with van der Waals surface area (Å²) in [6.45, 7) is 4.10. The monoisotopic (exact) mass is 386 g/mol. The number of rotatable bonds is 2. The number of ketones is 1. The van der Waals surface area contributed by atoms with Gasteiger partial charge in [0.15, 0.2) is 5.78 Å². The van der Waals surface area contributed by atoms with Crippen LogP contribution in [0, 0.1) is 6.92 Å². The molecule has 4 aromatic carbocycles. The van der Waals surface area contributed by atoms with E-state index in [1.807, 2.05) is 13.0 Å². The maximum atomic E-state index is 12.6. The molecule has 0 radical (unpaired) electrons. The van der Waals surface area contributed by atoms with Crippen molar-refractivity contribution in [2.24, 2.45) is 0 Å². The van der Waals surface area contributed by atoms with Crippen molar-refractivity contribution in [3.05, 3.63) is 118 Å². The first-order chi connectivity index (χ1) is 14.7. The number of aryl methyl sites for hydroxylation is 1. The molecule has 2 aliphatic rings. The van der Waals surface area contributed by atoms with Gasteiger partial charge in [0.25, 0.3) is 0 Å². The van der Waals surface area contributed by atoms with Crippen molar-refractivity contribution >= 4 is 5.78 Å². The van der Waals surface area contributed by atoms with E-state index >= 15 is 0 Å². The Kier molecular flexibility index (Phi) is 3.50. The Hall–Kier alpha value is -3.45. The number of hydrogen-bond donors (Lipinski definition) is 0. The molecule has 0 atom stereocenters. The van der Waals surface area contributed by atoms with E-state index in [1.165, 1.54) is 50.1 Å². The molecule has 0 unspecified atom stereocenters. The van der Waals surface area contributed by atoms with Crippen molar-refractivity contribution < 1.29 is 4.79 Å². The van der Waals surface area contributed by atoms with Crippen LogP contribution in [0.15, 0.2) is 84.9 Å². The van der Waals surface area contributed by atoms with Crippen LogP contribution in [-0.4, -0.2) is 5.78 Å². The van der Waals surface area contributed by atoms with E-state index in [4.69, 9.17) is 0 Å². The highest BCUT2D eigenvalue weighted by atomic mass is 16.1. The Morgan fingerprint density at radius 2 is 1.20 bits per heavy atom. The predicted molar refractivity (Wildman–Crippen MR) is 122 cm³/mol. The molecule has 0 saturated carbocycles. The third-order valence-electron chi connectivity index (χ3n) is 6.89. The first-order valence-electron chi connectivity index (χ1n) is 10.6. The highest BCUT2D eigenvalue weighted by molar-refractivity contribution is 6.00. The van der Waals surface area contributed by atoms with Gasteiger partial charge in [-0.2, -0.15) is 0 Å². The van der Waals surface area contributed by atoms with Crippen molar-refractivity contribution in [2.45, 2.75) is 25.7 Å². The smallest absolute Gasteiger partial charge is 0.162 e. The fraction of sp³-hybridized carbons (Fsp3) is 0.138. The summed E-state index contributed by atoms with van der Waals surface area (Å²) in [6, 6.07) is 30.6. The van der Waals surface area contributed by atoms with Gasteiger partial charge in [-0.15, -0.1) is 0 Å². The summed E-state index contributed by atoms with van der Waals surface area (Å²) in [6.07, 6.45) is 0.519. The maximum Gasteiger partial charge on any atom is 0.162 e. The second-order valence-corrected chi connectivity index (χ2v) is 8.43. The van der Waals surface area contributed by atoms with E-state index in [1.54, 1.807) is 0 Å². The lowest BCUT2D eigenvalue weighted by molar-refractivity contribution is 0.0988. The largest absolute Gasteiger partial charge is 0.294 e. The fourth-order valence-corrected chi connectivity index (χ4v) is 5.63. The van der Waals surface area contributed by atoms with Crippen LogP contribution in [0.3, 0.4) is 0 Å². The van der Waals surface area contributed by atoms with Gasteiger partial charge in [0.2, 0.25) is 0 Å². The normalized spacial score (nSPS) is 14.2. The molecule has 0 N–H and O–H groups in total. The minimum Gasteiger partial charge on any atom is -0.294 e. The third kappa shape index (κ3) is 2.00. The van der Waals surface area contributed by atoms with Gasteiger partial charge in [-0.25, -0.2) is 0 Å². The molecular formula is C29H22O. The zero-order valence-electron chi connectivity index (χ0n) is 17.2. The topological polar surface area (TPSA) is 17.1 Å². The van der Waals surface area contributed by atoms with Gasteiger partial charge in [0, 0.05) is 12.0 Å². The molecule has 0 aliphatic heterocycles. The summed E-state index contributed by atoms with van der Waals surface area (Å²) in [5.74, 6) is 0.194. The minimum absolute atomic E-state index is 0.194. The number of hydrogen-bond acceptors (Lipinski definition) is 1. The highest BCUT2D eigenvalue weighted by Gasteiger charge is 2.51. The summed E-state index contributed by atoms with van der Waals surface area (Å²) in [5.41, 5.74) is 12.0. The Labute approximate surface area is 177 Å². The molecule has 30 heavy (non-hydrogen) atoms. The van der Waals surface area contributed by atoms with Crippen LogP contribution in [0.5, 0.6) is 0 Å². The zero-order chi connectivity index (χ0) is 20.5. The lowest BCUT2D eigenvalue weighted by atomic mass is 9.70. The van der Waals surface area contributed by atoms with Gasteiger partial charge < -0.3 is 0 Å². The molecule has 0 fully saturated rings. The summed E-state index contributed by atoms with van der Waals surface area (Å²) >= 11 is 0. The summed E-state index contributed by atoms with van der Waals surface area (Å²) in [4.78, 5) is 12.6. The Morgan fingerprint density at radius 1 is 0.667 bits per heavy atom. The molecule has 1 spiro atoms. The molecule has 0 aromatic heterocycles. The molecule has 1 nitrogen and oxygen atoms in total. The highest BCUT2D eigenvalue weighted by Crippen LogP contribution is 2.62. The van der Waals surface area contributed by atoms with Crippen LogP contribution in [0.25, 0.3) is 22.3 Å². The second kappa shape index (κ2) is 6.03. The van der Waals surface area contributed by atoms with Crippen LogP contribution >= 0.6 is 0 Å². The van der Waals surface area contributed by atoms with Crippen molar-refractivity contribution in [1.29, 1.82) is 0 Å². The average Bonchev–Trinajstić information content (AvgIpc) is 3.25. The Balaban J connectivity index is 1.81. The minimum atomic E-state index is -0.367. The molecule has 0 bridgehead atoms. The Morgan fingerprint density at radius 3 is 1.83 bits per heavy atom. The molecular weight excluding hydrogens is 364 g/mol. The number of benzene rings is 4. The van der Waals surface area contributed by atoms with Gasteiger partial charge in [-0.3, -0.25) is 4.79 Å². The fourth-order valence-electron chi connectivity index (χ4n) is 5.63. The number of carbonyl (C=O) groups excluding carboxylic acids is 1. The molecule has 6 rings (SSSR count). The maximum absolute atomic E-state index is 12.6. The quantitative estimate of drug-likeness (QED) is 0.295. The van der Waals surface area contributed by atoms with Crippen LogP contribution in [0.2, 0.25) is 0 Å². The van der Waals surface area contributed by atoms with E-state index in [0.717, 1.165) is 5.56 Å². The average molecular weight is 386 g/mol. The molecule has 0 saturated heterocycles. The van der Waals surface area contributed by atoms with E-state index in [9.17, 15) is 4.79 Å². The van der Waals surface area contributed by atoms with Crippen molar-refractivity contribution in [2.75, 3.05) is 0 Å². The third-order valence-corrected chi connectivity index (χ3v) is 6.89. The van der Waals surface area contributed by atoms with E-state index < -0.39 is 0 Å².